The van der Waals surface area contributed by atoms with Crippen molar-refractivity contribution in [3.05, 3.63) is 0 Å². The van der Waals surface area contributed by atoms with Gasteiger partial charge in [0.2, 0.25) is 0 Å². The Hall–Kier alpha value is 0.0569. The van der Waals surface area contributed by atoms with E-state index in [9.17, 15) is 0 Å². The van der Waals surface area contributed by atoms with Gasteiger partial charge in [-0.15, -0.1) is 0 Å². The molecule has 0 spiro atoms. The molecule has 4 nitrogen and oxygen atoms in total. The molecule has 0 aromatic heterocycles. The molecule has 0 N–H and O–H groups in total. The fraction of sp³-hybridized carbons (Fsp3) is 1.00. The van der Waals surface area contributed by atoms with Crippen LogP contribution in [-0.4, -0.2) is 35.5 Å². The van der Waals surface area contributed by atoms with Crippen LogP contribution in [0.1, 0.15) is 158 Å². The summed E-state index contributed by atoms with van der Waals surface area (Å²) in [7, 11) is -3.27. The van der Waals surface area contributed by atoms with Crippen LogP contribution in [-0.2, 0) is 17.7 Å². The van der Waals surface area contributed by atoms with E-state index in [2.05, 4.69) is 55.4 Å². The van der Waals surface area contributed by atoms with Crippen molar-refractivity contribution in [1.82, 2.24) is 0 Å². The molecule has 0 aliphatic rings. The van der Waals surface area contributed by atoms with E-state index in [-0.39, 0.29) is 0 Å². The van der Waals surface area contributed by atoms with E-state index >= 15 is 0 Å². The molecular formula is C32H68O4Si. The molecule has 0 bridgehead atoms. The van der Waals surface area contributed by atoms with Crippen LogP contribution >= 0.6 is 0 Å². The Morgan fingerprint density at radius 2 is 0.595 bits per heavy atom. The third kappa shape index (κ3) is 18.1. The Balaban J connectivity index is 5.79. The fourth-order valence-corrected chi connectivity index (χ4v) is 6.98. The van der Waals surface area contributed by atoms with Crippen molar-refractivity contribution < 1.29 is 17.7 Å². The summed E-state index contributed by atoms with van der Waals surface area (Å²) >= 11 is 0. The summed E-state index contributed by atoms with van der Waals surface area (Å²) in [6.45, 7) is 20.9. The fourth-order valence-electron chi connectivity index (χ4n) is 4.72. The topological polar surface area (TPSA) is 36.9 Å². The zero-order valence-electron chi connectivity index (χ0n) is 26.6. The number of rotatable bonds is 28. The highest BCUT2D eigenvalue weighted by molar-refractivity contribution is 6.53. The average molecular weight is 545 g/mol. The van der Waals surface area contributed by atoms with E-state index in [0.717, 1.165) is 25.7 Å². The third-order valence-electron chi connectivity index (χ3n) is 8.16. The molecule has 37 heavy (non-hydrogen) atoms. The summed E-state index contributed by atoms with van der Waals surface area (Å²) in [5.74, 6) is 2.14. The zero-order chi connectivity index (χ0) is 27.8. The third-order valence-corrected chi connectivity index (χ3v) is 10.2. The van der Waals surface area contributed by atoms with E-state index in [0.29, 0.717) is 50.1 Å². The van der Waals surface area contributed by atoms with Crippen LogP contribution in [0.15, 0.2) is 0 Å². The summed E-state index contributed by atoms with van der Waals surface area (Å²) in [5.41, 5.74) is 0. The molecular weight excluding hydrogens is 476 g/mol. The van der Waals surface area contributed by atoms with Crippen molar-refractivity contribution in [3.8, 4) is 0 Å². The lowest BCUT2D eigenvalue weighted by Crippen LogP contribution is -2.52. The molecule has 0 saturated carbocycles. The highest BCUT2D eigenvalue weighted by atomic mass is 28.4. The minimum absolute atomic E-state index is 0.536. The quantitative estimate of drug-likeness (QED) is 0.0918. The smallest absolute Gasteiger partial charge is 0.351 e. The predicted octanol–water partition coefficient (Wildman–Crippen LogP) is 10.4. The van der Waals surface area contributed by atoms with Gasteiger partial charge in [0, 0.05) is 26.4 Å². The molecule has 0 fully saturated rings. The van der Waals surface area contributed by atoms with Gasteiger partial charge in [0.05, 0.1) is 0 Å². The van der Waals surface area contributed by atoms with Gasteiger partial charge in [-0.3, -0.25) is 0 Å². The van der Waals surface area contributed by atoms with Crippen molar-refractivity contribution in [2.24, 2.45) is 23.7 Å². The van der Waals surface area contributed by atoms with Crippen molar-refractivity contribution >= 4 is 9.05 Å². The highest BCUT2D eigenvalue weighted by Crippen LogP contribution is 2.25. The van der Waals surface area contributed by atoms with Crippen LogP contribution in [0.25, 0.3) is 0 Å². The van der Waals surface area contributed by atoms with Gasteiger partial charge in [-0.2, -0.15) is 0 Å². The standard InChI is InChI=1S/C32H68O4Si/c1-9-17-21-29(13-5)25-33-37(34-26-30(14-6)22-18-10-2,35-27-31(15-7)23-19-11-3)36-28-32(16-8)24-20-12-4/h29-32H,9-28H2,1-8H3. The zero-order valence-corrected chi connectivity index (χ0v) is 27.6. The van der Waals surface area contributed by atoms with Crippen molar-refractivity contribution in [2.75, 3.05) is 26.4 Å². The Morgan fingerprint density at radius 3 is 0.757 bits per heavy atom. The van der Waals surface area contributed by atoms with Gasteiger partial charge in [0.25, 0.3) is 0 Å². The van der Waals surface area contributed by atoms with Crippen molar-refractivity contribution in [2.45, 2.75) is 158 Å². The Labute approximate surface area is 234 Å². The van der Waals surface area contributed by atoms with Crippen molar-refractivity contribution in [1.29, 1.82) is 0 Å². The summed E-state index contributed by atoms with van der Waals surface area (Å²) in [5, 5.41) is 0. The number of hydrogen-bond acceptors (Lipinski definition) is 4. The van der Waals surface area contributed by atoms with E-state index in [1.165, 1.54) is 77.0 Å². The monoisotopic (exact) mass is 544 g/mol. The predicted molar refractivity (Wildman–Crippen MR) is 163 cm³/mol. The van der Waals surface area contributed by atoms with Crippen LogP contribution in [0.3, 0.4) is 0 Å². The van der Waals surface area contributed by atoms with Crippen LogP contribution in [0.2, 0.25) is 0 Å². The second-order valence-corrected chi connectivity index (χ2v) is 13.6. The first-order valence-corrected chi connectivity index (χ1v) is 18.2. The average Bonchev–Trinajstić information content (AvgIpc) is 2.93. The second kappa shape index (κ2) is 25.1. The van der Waals surface area contributed by atoms with E-state index in [1.807, 2.05) is 0 Å². The first-order valence-electron chi connectivity index (χ1n) is 16.5. The van der Waals surface area contributed by atoms with Gasteiger partial charge in [0.1, 0.15) is 0 Å². The Morgan fingerprint density at radius 1 is 0.378 bits per heavy atom. The van der Waals surface area contributed by atoms with E-state index < -0.39 is 9.05 Å². The maximum Gasteiger partial charge on any atom is 0.679 e. The number of hydrogen-bond donors (Lipinski definition) is 0. The summed E-state index contributed by atoms with van der Waals surface area (Å²) < 4.78 is 27.0. The molecule has 0 saturated heterocycles. The van der Waals surface area contributed by atoms with Gasteiger partial charge in [-0.1, -0.05) is 132 Å². The maximum absolute atomic E-state index is 6.75. The minimum Gasteiger partial charge on any atom is -0.351 e. The highest BCUT2D eigenvalue weighted by Gasteiger charge is 2.47. The van der Waals surface area contributed by atoms with E-state index in [4.69, 9.17) is 17.7 Å². The molecule has 0 aliphatic carbocycles. The molecule has 0 amide bonds. The molecule has 0 heterocycles. The lowest BCUT2D eigenvalue weighted by Gasteiger charge is -2.33. The Kier molecular flexibility index (Phi) is 25.1. The SMILES string of the molecule is CCCCC(CC)CO[Si](OCC(CC)CCCC)(OCC(CC)CCCC)OCC(CC)CCCC. The van der Waals surface area contributed by atoms with Gasteiger partial charge in [0.15, 0.2) is 0 Å². The van der Waals surface area contributed by atoms with Gasteiger partial charge >= 0.3 is 9.05 Å². The van der Waals surface area contributed by atoms with E-state index in [1.54, 1.807) is 0 Å². The maximum atomic E-state index is 6.75. The first-order chi connectivity index (χ1) is 18.0. The van der Waals surface area contributed by atoms with Gasteiger partial charge in [-0.25, -0.2) is 0 Å². The van der Waals surface area contributed by atoms with Crippen LogP contribution in [0.5, 0.6) is 0 Å². The molecule has 4 unspecified atom stereocenters. The van der Waals surface area contributed by atoms with Crippen LogP contribution < -0.4 is 0 Å². The molecule has 0 radical (unpaired) electrons. The van der Waals surface area contributed by atoms with Crippen LogP contribution in [0.4, 0.5) is 0 Å². The molecule has 0 aromatic rings. The van der Waals surface area contributed by atoms with Crippen LogP contribution in [0, 0.1) is 23.7 Å². The largest absolute Gasteiger partial charge is 0.679 e. The molecule has 4 atom stereocenters. The molecule has 0 aromatic carbocycles. The molecule has 0 rings (SSSR count). The molecule has 5 heteroatoms. The molecule has 0 aliphatic heterocycles. The lowest BCUT2D eigenvalue weighted by atomic mass is 10.0. The summed E-state index contributed by atoms with van der Waals surface area (Å²) in [4.78, 5) is 0. The van der Waals surface area contributed by atoms with Gasteiger partial charge < -0.3 is 17.7 Å². The minimum atomic E-state index is -3.27. The normalized spacial score (nSPS) is 16.9. The second-order valence-electron chi connectivity index (χ2n) is 11.4. The summed E-state index contributed by atoms with van der Waals surface area (Å²) in [6, 6.07) is 0. The first kappa shape index (κ1) is 37.1. The Bertz CT molecular complexity index is 390. The molecule has 224 valence electrons. The summed E-state index contributed by atoms with van der Waals surface area (Å²) in [6.07, 6.45) is 19.2. The van der Waals surface area contributed by atoms with Crippen molar-refractivity contribution in [3.63, 3.8) is 0 Å². The number of unbranched alkanes of at least 4 members (excludes halogenated alkanes) is 4. The van der Waals surface area contributed by atoms with Gasteiger partial charge in [-0.05, 0) is 49.4 Å². The lowest BCUT2D eigenvalue weighted by molar-refractivity contribution is -0.0612.